The number of nitrogens with zero attached hydrogens (tertiary/aromatic N) is 1. The topological polar surface area (TPSA) is 75.1 Å². The first-order valence-electron chi connectivity index (χ1n) is 8.95. The lowest BCUT2D eigenvalue weighted by molar-refractivity contribution is 0.293. The number of rotatable bonds is 5. The average molecular weight is 374 g/mol. The van der Waals surface area contributed by atoms with Gasteiger partial charge in [-0.3, -0.25) is 4.79 Å². The average Bonchev–Trinajstić information content (AvgIpc) is 2.67. The van der Waals surface area contributed by atoms with Crippen LogP contribution in [0, 0.1) is 32.1 Å². The van der Waals surface area contributed by atoms with Gasteiger partial charge < -0.3 is 14.5 Å². The zero-order chi connectivity index (χ0) is 20.3. The smallest absolute Gasteiger partial charge is 0.266 e. The molecule has 0 aliphatic carbocycles. The minimum atomic E-state index is -0.387. The van der Waals surface area contributed by atoms with Gasteiger partial charge in [-0.2, -0.15) is 5.26 Å². The second kappa shape index (κ2) is 8.01. The Hall–Kier alpha value is -3.52. The van der Waals surface area contributed by atoms with Crippen LogP contribution >= 0.6 is 0 Å². The van der Waals surface area contributed by atoms with E-state index in [2.05, 4.69) is 4.98 Å². The number of benzene rings is 2. The van der Waals surface area contributed by atoms with Crippen molar-refractivity contribution in [2.24, 2.45) is 0 Å². The highest BCUT2D eigenvalue weighted by Gasteiger charge is 2.14. The summed E-state index contributed by atoms with van der Waals surface area (Å²) in [5, 5.41) is 9.42. The van der Waals surface area contributed by atoms with Gasteiger partial charge in [0.15, 0.2) is 0 Å². The predicted molar refractivity (Wildman–Crippen MR) is 109 cm³/mol. The van der Waals surface area contributed by atoms with E-state index < -0.39 is 0 Å². The van der Waals surface area contributed by atoms with Crippen molar-refractivity contribution in [1.29, 1.82) is 5.26 Å². The number of ether oxygens (including phenoxy) is 2. The monoisotopic (exact) mass is 374 g/mol. The molecular weight excluding hydrogens is 352 g/mol. The summed E-state index contributed by atoms with van der Waals surface area (Å²) < 4.78 is 11.6. The van der Waals surface area contributed by atoms with Crippen LogP contribution < -0.4 is 15.0 Å². The van der Waals surface area contributed by atoms with Crippen LogP contribution in [0.15, 0.2) is 47.3 Å². The van der Waals surface area contributed by atoms with Gasteiger partial charge in [-0.15, -0.1) is 0 Å². The van der Waals surface area contributed by atoms with Crippen molar-refractivity contribution in [3.8, 4) is 28.7 Å². The summed E-state index contributed by atoms with van der Waals surface area (Å²) in [4.78, 5) is 14.8. The number of aryl methyl sites for hydroxylation is 3. The van der Waals surface area contributed by atoms with E-state index in [-0.39, 0.29) is 11.1 Å². The minimum absolute atomic E-state index is 0.0948. The van der Waals surface area contributed by atoms with Crippen LogP contribution in [0.25, 0.3) is 11.1 Å². The van der Waals surface area contributed by atoms with E-state index in [1.54, 1.807) is 20.1 Å². The molecule has 0 aliphatic heterocycles. The molecule has 5 nitrogen and oxygen atoms in total. The third kappa shape index (κ3) is 3.77. The summed E-state index contributed by atoms with van der Waals surface area (Å²) in [7, 11) is 1.61. The van der Waals surface area contributed by atoms with E-state index in [0.717, 1.165) is 28.0 Å². The molecule has 0 spiro atoms. The highest BCUT2D eigenvalue weighted by Crippen LogP contribution is 2.30. The maximum absolute atomic E-state index is 12.1. The van der Waals surface area contributed by atoms with Gasteiger partial charge in [0.2, 0.25) is 0 Å². The van der Waals surface area contributed by atoms with Gasteiger partial charge in [-0.1, -0.05) is 24.3 Å². The molecule has 0 radical (unpaired) electrons. The minimum Gasteiger partial charge on any atom is -0.496 e. The van der Waals surface area contributed by atoms with E-state index in [9.17, 15) is 10.1 Å². The molecule has 0 saturated carbocycles. The van der Waals surface area contributed by atoms with Crippen LogP contribution in [0.3, 0.4) is 0 Å². The Balaban J connectivity index is 2.02. The molecule has 28 heavy (non-hydrogen) atoms. The van der Waals surface area contributed by atoms with Crippen LogP contribution in [0.4, 0.5) is 0 Å². The molecule has 142 valence electrons. The van der Waals surface area contributed by atoms with Gasteiger partial charge in [0.25, 0.3) is 5.56 Å². The number of pyridine rings is 1. The molecule has 0 aliphatic rings. The number of hydrogen-bond donors (Lipinski definition) is 1. The standard InChI is InChI=1S/C23H22N2O3/c1-14-6-5-7-15(2)22(14)28-13-18-11-17(8-9-21(18)27-4)19-10-16(3)25-23(26)20(19)12-24/h5-11H,13H2,1-4H3,(H,25,26). The number of aromatic nitrogens is 1. The van der Waals surface area contributed by atoms with Crippen molar-refractivity contribution in [2.75, 3.05) is 7.11 Å². The summed E-state index contributed by atoms with van der Waals surface area (Å²) in [5.74, 6) is 1.54. The zero-order valence-electron chi connectivity index (χ0n) is 16.4. The number of aromatic amines is 1. The lowest BCUT2D eigenvalue weighted by Gasteiger charge is -2.15. The SMILES string of the molecule is COc1ccc(-c2cc(C)[nH]c(=O)c2C#N)cc1COc1c(C)cccc1C. The van der Waals surface area contributed by atoms with Crippen LogP contribution in [0.1, 0.15) is 27.9 Å². The Morgan fingerprint density at radius 1 is 1.07 bits per heavy atom. The number of hydrogen-bond acceptors (Lipinski definition) is 4. The fourth-order valence-corrected chi connectivity index (χ4v) is 3.26. The molecule has 0 unspecified atom stereocenters. The molecular formula is C23H22N2O3. The highest BCUT2D eigenvalue weighted by atomic mass is 16.5. The molecule has 0 bridgehead atoms. The Morgan fingerprint density at radius 3 is 2.43 bits per heavy atom. The highest BCUT2D eigenvalue weighted by molar-refractivity contribution is 5.71. The summed E-state index contributed by atoms with van der Waals surface area (Å²) in [6.45, 7) is 6.12. The molecule has 1 N–H and O–H groups in total. The van der Waals surface area contributed by atoms with Crippen LogP contribution in [-0.2, 0) is 6.61 Å². The fourth-order valence-electron chi connectivity index (χ4n) is 3.26. The molecule has 2 aromatic carbocycles. The first kappa shape index (κ1) is 19.2. The molecule has 1 aromatic heterocycles. The molecule has 1 heterocycles. The van der Waals surface area contributed by atoms with Gasteiger partial charge in [0.1, 0.15) is 29.7 Å². The second-order valence-electron chi connectivity index (χ2n) is 6.72. The van der Waals surface area contributed by atoms with Crippen molar-refractivity contribution < 1.29 is 9.47 Å². The maximum atomic E-state index is 12.1. The van der Waals surface area contributed by atoms with Crippen molar-refractivity contribution in [3.05, 3.63) is 80.8 Å². The van der Waals surface area contributed by atoms with Crippen molar-refractivity contribution in [3.63, 3.8) is 0 Å². The lowest BCUT2D eigenvalue weighted by atomic mass is 9.99. The Kier molecular flexibility index (Phi) is 5.51. The Bertz CT molecular complexity index is 1100. The van der Waals surface area contributed by atoms with Gasteiger partial charge >= 0.3 is 0 Å². The summed E-state index contributed by atoms with van der Waals surface area (Å²) >= 11 is 0. The van der Waals surface area contributed by atoms with Gasteiger partial charge in [-0.25, -0.2) is 0 Å². The van der Waals surface area contributed by atoms with E-state index in [1.165, 1.54) is 0 Å². The number of methoxy groups -OCH3 is 1. The molecule has 0 fully saturated rings. The van der Waals surface area contributed by atoms with Gasteiger partial charge in [0.05, 0.1) is 7.11 Å². The lowest BCUT2D eigenvalue weighted by Crippen LogP contribution is -2.12. The quantitative estimate of drug-likeness (QED) is 0.717. The predicted octanol–water partition coefficient (Wildman–Crippen LogP) is 4.43. The number of para-hydroxylation sites is 1. The first-order valence-corrected chi connectivity index (χ1v) is 8.95. The normalized spacial score (nSPS) is 10.4. The van der Waals surface area contributed by atoms with Crippen LogP contribution in [-0.4, -0.2) is 12.1 Å². The van der Waals surface area contributed by atoms with E-state index in [0.29, 0.717) is 23.6 Å². The molecule has 3 rings (SSSR count). The second-order valence-corrected chi connectivity index (χ2v) is 6.72. The molecule has 0 amide bonds. The summed E-state index contributed by atoms with van der Waals surface area (Å²) in [6.07, 6.45) is 0. The summed E-state index contributed by atoms with van der Waals surface area (Å²) in [6, 6.07) is 15.4. The molecule has 0 saturated heterocycles. The van der Waals surface area contributed by atoms with Crippen molar-refractivity contribution in [1.82, 2.24) is 4.98 Å². The van der Waals surface area contributed by atoms with E-state index in [1.807, 2.05) is 56.3 Å². The first-order chi connectivity index (χ1) is 13.4. The molecule has 5 heteroatoms. The van der Waals surface area contributed by atoms with E-state index in [4.69, 9.17) is 9.47 Å². The van der Waals surface area contributed by atoms with Gasteiger partial charge in [-0.05, 0) is 55.7 Å². The Labute approximate surface area is 164 Å². The fraction of sp³-hybridized carbons (Fsp3) is 0.217. The van der Waals surface area contributed by atoms with Gasteiger partial charge in [0, 0.05) is 16.8 Å². The molecule has 3 aromatic rings. The largest absolute Gasteiger partial charge is 0.496 e. The molecule has 0 atom stereocenters. The van der Waals surface area contributed by atoms with Crippen LogP contribution in [0.2, 0.25) is 0 Å². The number of nitrogens with one attached hydrogen (secondary N) is 1. The van der Waals surface area contributed by atoms with Crippen molar-refractivity contribution in [2.45, 2.75) is 27.4 Å². The third-order valence-electron chi connectivity index (χ3n) is 4.65. The third-order valence-corrected chi connectivity index (χ3v) is 4.65. The van der Waals surface area contributed by atoms with E-state index >= 15 is 0 Å². The number of H-pyrrole nitrogens is 1. The number of nitriles is 1. The maximum Gasteiger partial charge on any atom is 0.266 e. The Morgan fingerprint density at radius 2 is 1.79 bits per heavy atom. The zero-order valence-corrected chi connectivity index (χ0v) is 16.4. The van der Waals surface area contributed by atoms with Crippen molar-refractivity contribution >= 4 is 0 Å². The van der Waals surface area contributed by atoms with Crippen LogP contribution in [0.5, 0.6) is 11.5 Å². The summed E-state index contributed by atoms with van der Waals surface area (Å²) in [5.41, 5.74) is 4.73.